The summed E-state index contributed by atoms with van der Waals surface area (Å²) < 4.78 is 0. The number of anilines is 1. The fourth-order valence-corrected chi connectivity index (χ4v) is 2.49. The van der Waals surface area contributed by atoms with Gasteiger partial charge in [0.1, 0.15) is 0 Å². The number of nitrogens with one attached hydrogen (secondary N) is 1. The summed E-state index contributed by atoms with van der Waals surface area (Å²) in [5.74, 6) is -1.10. The van der Waals surface area contributed by atoms with E-state index in [1.807, 2.05) is 24.3 Å². The molecule has 0 saturated heterocycles. The lowest BCUT2D eigenvalue weighted by atomic mass is 10.0. The maximum absolute atomic E-state index is 12.2. The van der Waals surface area contributed by atoms with Crippen LogP contribution >= 0.6 is 0 Å². The zero-order chi connectivity index (χ0) is 15.5. The molecule has 0 aromatic heterocycles. The molecule has 1 atom stereocenters. The lowest BCUT2D eigenvalue weighted by Gasteiger charge is -2.31. The summed E-state index contributed by atoms with van der Waals surface area (Å²) >= 11 is 0. The van der Waals surface area contributed by atoms with Crippen LogP contribution in [-0.2, 0) is 11.2 Å². The molecule has 1 aliphatic rings. The third-order valence-electron chi connectivity index (χ3n) is 3.51. The summed E-state index contributed by atoms with van der Waals surface area (Å²) in [6.45, 7) is 1.91. The minimum Gasteiger partial charge on any atom is -0.481 e. The van der Waals surface area contributed by atoms with Crippen LogP contribution in [0.15, 0.2) is 24.3 Å². The molecule has 1 heterocycles. The van der Waals surface area contributed by atoms with Crippen molar-refractivity contribution in [3.8, 4) is 0 Å². The monoisotopic (exact) mass is 292 g/mol. The van der Waals surface area contributed by atoms with Crippen molar-refractivity contribution >= 4 is 17.7 Å². The Labute approximate surface area is 123 Å². The van der Waals surface area contributed by atoms with Gasteiger partial charge < -0.3 is 15.5 Å². The number of nitrogens with zero attached hydrogens (tertiary/aromatic N) is 1. The first-order valence-corrected chi connectivity index (χ1v) is 6.96. The number of rotatable bonds is 4. The van der Waals surface area contributed by atoms with Crippen molar-refractivity contribution in [1.29, 1.82) is 0 Å². The van der Waals surface area contributed by atoms with Gasteiger partial charge in [0.05, 0.1) is 12.0 Å². The van der Waals surface area contributed by atoms with Gasteiger partial charge in [-0.25, -0.2) is 4.79 Å². The lowest BCUT2D eigenvalue weighted by Crippen LogP contribution is -2.48. The number of hydrogen-bond donors (Lipinski definition) is 3. The van der Waals surface area contributed by atoms with E-state index in [0.29, 0.717) is 6.54 Å². The van der Waals surface area contributed by atoms with Gasteiger partial charge in [0, 0.05) is 18.8 Å². The quantitative estimate of drug-likeness (QED) is 0.782. The van der Waals surface area contributed by atoms with Crippen LogP contribution in [0.4, 0.5) is 10.5 Å². The standard InChI is InChI=1S/C15H20N2O4/c1-15(21,9-13(18)19)10-16-14(20)17-8-4-6-11-5-2-3-7-12(11)17/h2-3,5,7,21H,4,6,8-10H2,1H3,(H,16,20)(H,18,19). The summed E-state index contributed by atoms with van der Waals surface area (Å²) in [5.41, 5.74) is 0.534. The molecule has 0 bridgehead atoms. The van der Waals surface area contributed by atoms with Crippen molar-refractivity contribution in [2.75, 3.05) is 18.0 Å². The molecule has 114 valence electrons. The molecule has 6 heteroatoms. The normalized spacial score (nSPS) is 16.8. The summed E-state index contributed by atoms with van der Waals surface area (Å²) in [6.07, 6.45) is 1.41. The number of carboxylic acids is 1. The number of aliphatic carboxylic acids is 1. The second-order valence-corrected chi connectivity index (χ2v) is 5.61. The van der Waals surface area contributed by atoms with Crippen LogP contribution in [0.1, 0.15) is 25.3 Å². The molecule has 2 rings (SSSR count). The number of aryl methyl sites for hydroxylation is 1. The number of benzene rings is 1. The van der Waals surface area contributed by atoms with Gasteiger partial charge in [0.15, 0.2) is 0 Å². The lowest BCUT2D eigenvalue weighted by molar-refractivity contribution is -0.141. The molecule has 0 spiro atoms. The van der Waals surface area contributed by atoms with Gasteiger partial charge in [0.2, 0.25) is 0 Å². The Hall–Kier alpha value is -2.08. The average Bonchev–Trinajstić information content (AvgIpc) is 2.43. The van der Waals surface area contributed by atoms with Crippen LogP contribution in [0, 0.1) is 0 Å². The number of urea groups is 1. The van der Waals surface area contributed by atoms with Gasteiger partial charge in [-0.05, 0) is 31.4 Å². The molecule has 2 amide bonds. The molecule has 0 fully saturated rings. The Balaban J connectivity index is 2.00. The number of fused-ring (bicyclic) bond motifs is 1. The molecule has 3 N–H and O–H groups in total. The van der Waals surface area contributed by atoms with Crippen molar-refractivity contribution in [3.05, 3.63) is 29.8 Å². The van der Waals surface area contributed by atoms with Crippen molar-refractivity contribution in [3.63, 3.8) is 0 Å². The van der Waals surface area contributed by atoms with Gasteiger partial charge >= 0.3 is 12.0 Å². The van der Waals surface area contributed by atoms with Crippen molar-refractivity contribution in [1.82, 2.24) is 5.32 Å². The SMILES string of the molecule is CC(O)(CNC(=O)N1CCCc2ccccc21)CC(=O)O. The molecule has 0 aliphatic carbocycles. The smallest absolute Gasteiger partial charge is 0.321 e. The van der Waals surface area contributed by atoms with E-state index in [1.54, 1.807) is 4.90 Å². The minimum absolute atomic E-state index is 0.100. The maximum Gasteiger partial charge on any atom is 0.321 e. The number of hydrogen-bond acceptors (Lipinski definition) is 3. The summed E-state index contributed by atoms with van der Waals surface area (Å²) in [6, 6.07) is 7.40. The van der Waals surface area contributed by atoms with E-state index in [9.17, 15) is 14.7 Å². The highest BCUT2D eigenvalue weighted by Gasteiger charge is 2.27. The second-order valence-electron chi connectivity index (χ2n) is 5.61. The largest absolute Gasteiger partial charge is 0.481 e. The third-order valence-corrected chi connectivity index (χ3v) is 3.51. The van der Waals surface area contributed by atoms with Crippen LogP contribution in [0.2, 0.25) is 0 Å². The molecule has 0 radical (unpaired) electrons. The van der Waals surface area contributed by atoms with Crippen LogP contribution in [-0.4, -0.2) is 40.9 Å². The van der Waals surface area contributed by atoms with Gasteiger partial charge in [-0.15, -0.1) is 0 Å². The van der Waals surface area contributed by atoms with Gasteiger partial charge in [-0.3, -0.25) is 9.69 Å². The van der Waals surface area contributed by atoms with Crippen molar-refractivity contribution in [2.45, 2.75) is 31.8 Å². The van der Waals surface area contributed by atoms with Crippen molar-refractivity contribution < 1.29 is 19.8 Å². The topological polar surface area (TPSA) is 89.9 Å². The van der Waals surface area contributed by atoms with E-state index in [4.69, 9.17) is 5.11 Å². The molecule has 1 unspecified atom stereocenters. The fraction of sp³-hybridized carbons (Fsp3) is 0.467. The molecule has 21 heavy (non-hydrogen) atoms. The molecule has 1 aromatic carbocycles. The van der Waals surface area contributed by atoms with Crippen LogP contribution < -0.4 is 10.2 Å². The molecular formula is C15H20N2O4. The Morgan fingerprint density at radius 2 is 2.10 bits per heavy atom. The van der Waals surface area contributed by atoms with E-state index < -0.39 is 18.0 Å². The van der Waals surface area contributed by atoms with E-state index in [0.717, 1.165) is 24.1 Å². The number of para-hydroxylation sites is 1. The van der Waals surface area contributed by atoms with E-state index >= 15 is 0 Å². The first-order chi connectivity index (χ1) is 9.89. The summed E-state index contributed by atoms with van der Waals surface area (Å²) in [7, 11) is 0. The first-order valence-electron chi connectivity index (χ1n) is 6.96. The van der Waals surface area contributed by atoms with E-state index in [1.165, 1.54) is 6.92 Å². The highest BCUT2D eigenvalue weighted by molar-refractivity contribution is 5.93. The average molecular weight is 292 g/mol. The predicted octanol–water partition coefficient (Wildman–Crippen LogP) is 1.37. The Morgan fingerprint density at radius 1 is 1.38 bits per heavy atom. The van der Waals surface area contributed by atoms with Crippen LogP contribution in [0.25, 0.3) is 0 Å². The zero-order valence-corrected chi connectivity index (χ0v) is 12.0. The number of carbonyl (C=O) groups excluding carboxylic acids is 1. The van der Waals surface area contributed by atoms with Crippen LogP contribution in [0.5, 0.6) is 0 Å². The summed E-state index contributed by atoms with van der Waals surface area (Å²) in [5, 5.41) is 21.2. The maximum atomic E-state index is 12.2. The van der Waals surface area contributed by atoms with Gasteiger partial charge in [-0.1, -0.05) is 18.2 Å². The number of carbonyl (C=O) groups is 2. The molecule has 1 aliphatic heterocycles. The van der Waals surface area contributed by atoms with E-state index in [2.05, 4.69) is 5.32 Å². The Kier molecular flexibility index (Phi) is 4.47. The Bertz CT molecular complexity index is 542. The molecule has 1 aromatic rings. The predicted molar refractivity (Wildman–Crippen MR) is 78.4 cm³/mol. The highest BCUT2D eigenvalue weighted by Crippen LogP contribution is 2.26. The first kappa shape index (κ1) is 15.3. The number of amides is 2. The van der Waals surface area contributed by atoms with Crippen LogP contribution in [0.3, 0.4) is 0 Å². The molecule has 0 saturated carbocycles. The fourth-order valence-electron chi connectivity index (χ4n) is 2.49. The zero-order valence-electron chi connectivity index (χ0n) is 12.0. The Morgan fingerprint density at radius 3 is 2.81 bits per heavy atom. The number of carboxylic acid groups (broad SMARTS) is 1. The minimum atomic E-state index is -1.46. The van der Waals surface area contributed by atoms with Gasteiger partial charge in [0.25, 0.3) is 0 Å². The molecular weight excluding hydrogens is 272 g/mol. The second kappa shape index (κ2) is 6.13. The van der Waals surface area contributed by atoms with Gasteiger partial charge in [-0.2, -0.15) is 0 Å². The van der Waals surface area contributed by atoms with Crippen molar-refractivity contribution in [2.24, 2.45) is 0 Å². The number of aliphatic hydroxyl groups is 1. The third kappa shape index (κ3) is 3.95. The summed E-state index contributed by atoms with van der Waals surface area (Å²) in [4.78, 5) is 24.5. The highest BCUT2D eigenvalue weighted by atomic mass is 16.4. The molecule has 6 nitrogen and oxygen atoms in total. The van der Waals surface area contributed by atoms with E-state index in [-0.39, 0.29) is 12.6 Å².